The molecule has 16 nitrogen and oxygen atoms in total. The molecule has 84 heavy (non-hydrogen) atoms. The second kappa shape index (κ2) is 35.1. The second-order valence-electron chi connectivity index (χ2n) is 19.9. The van der Waals surface area contributed by atoms with Crippen molar-refractivity contribution in [2.45, 2.75) is 71.4 Å². The Morgan fingerprint density at radius 3 is 1.06 bits per heavy atom. The van der Waals surface area contributed by atoms with Gasteiger partial charge in [-0.3, -0.25) is 4.79 Å². The summed E-state index contributed by atoms with van der Waals surface area (Å²) in [7, 11) is 10.9. The molecule has 0 bridgehead atoms. The molecule has 0 aromatic heterocycles. The molecule has 0 spiro atoms. The predicted molar refractivity (Wildman–Crippen MR) is 339 cm³/mol. The molecule has 6 aromatic rings. The number of nitrogens with zero attached hydrogens (tertiary/aromatic N) is 2. The van der Waals surface area contributed by atoms with Crippen molar-refractivity contribution in [1.82, 2.24) is 0 Å². The van der Waals surface area contributed by atoms with E-state index in [1.54, 1.807) is 78.0 Å². The van der Waals surface area contributed by atoms with Crippen LogP contribution in [0.3, 0.4) is 0 Å². The van der Waals surface area contributed by atoms with Gasteiger partial charge >= 0.3 is 29.5 Å². The Kier molecular flexibility index (Phi) is 28.9. The molecule has 1 unspecified atom stereocenters. The maximum atomic E-state index is 13.1. The Morgan fingerprint density at radius 1 is 0.488 bits per heavy atom. The van der Waals surface area contributed by atoms with Crippen molar-refractivity contribution in [2.24, 2.45) is 5.41 Å². The fraction of sp³-hybridized carbons (Fsp3) is 0.364. The van der Waals surface area contributed by atoms with Crippen LogP contribution in [0.4, 0.5) is 34.1 Å². The highest BCUT2D eigenvalue weighted by molar-refractivity contribution is 6.60. The third kappa shape index (κ3) is 20.2. The average Bonchev–Trinajstić information content (AvgIpc) is 3.63. The maximum Gasteiger partial charge on any atom is 0.500 e. The first-order valence-electron chi connectivity index (χ1n) is 27.7. The quantitative estimate of drug-likeness (QED) is 0.0175. The number of carbonyl (C=O) groups excluding carboxylic acids is 2. The highest BCUT2D eigenvalue weighted by atomic mass is 28.4. The molecule has 0 aliphatic rings. The lowest BCUT2D eigenvalue weighted by molar-refractivity contribution is -0.154. The van der Waals surface area contributed by atoms with Crippen molar-refractivity contribution >= 4 is 69.7 Å². The summed E-state index contributed by atoms with van der Waals surface area (Å²) in [4.78, 5) is 28.6. The van der Waals surface area contributed by atoms with Gasteiger partial charge in [-0.05, 0) is 185 Å². The molecule has 6 rings (SSSR count). The van der Waals surface area contributed by atoms with E-state index in [1.807, 2.05) is 117 Å². The lowest BCUT2D eigenvalue weighted by Crippen LogP contribution is -2.42. The summed E-state index contributed by atoms with van der Waals surface area (Å²) in [6.07, 6.45) is 4.67. The van der Waals surface area contributed by atoms with Gasteiger partial charge < -0.3 is 64.8 Å². The van der Waals surface area contributed by atoms with Gasteiger partial charge in [0, 0.05) is 94.4 Å². The van der Waals surface area contributed by atoms with Gasteiger partial charge in [0.2, 0.25) is 0 Å². The van der Waals surface area contributed by atoms with Crippen LogP contribution >= 0.6 is 0 Å². The van der Waals surface area contributed by atoms with Crippen LogP contribution in [0.25, 0.3) is 6.08 Å². The van der Waals surface area contributed by atoms with Crippen molar-refractivity contribution in [2.75, 3.05) is 94.1 Å². The van der Waals surface area contributed by atoms with Gasteiger partial charge in [-0.15, -0.1) is 0 Å². The fourth-order valence-electron chi connectivity index (χ4n) is 9.01. The van der Waals surface area contributed by atoms with Crippen molar-refractivity contribution in [3.63, 3.8) is 0 Å². The van der Waals surface area contributed by atoms with E-state index >= 15 is 0 Å². The molecule has 0 aliphatic carbocycles. The molecule has 6 aromatic carbocycles. The minimum Gasteiger partial charge on any atom is -0.497 e. The Balaban J connectivity index is 0.000000309. The topological polar surface area (TPSA) is 151 Å². The van der Waals surface area contributed by atoms with E-state index in [9.17, 15) is 9.59 Å². The zero-order chi connectivity index (χ0) is 61.7. The molecular weight excluding hydrogens is 1100 g/mol. The van der Waals surface area contributed by atoms with E-state index in [1.165, 1.54) is 5.56 Å². The van der Waals surface area contributed by atoms with Crippen LogP contribution in [0, 0.1) is 5.41 Å². The number of hydrogen-bond donors (Lipinski definition) is 0. The Hall–Kier alpha value is -7.27. The average molecular weight is 1190 g/mol. The van der Waals surface area contributed by atoms with Gasteiger partial charge in [0.15, 0.2) is 0 Å². The number of methoxy groups -OCH3 is 4. The van der Waals surface area contributed by atoms with E-state index in [2.05, 4.69) is 78.4 Å². The van der Waals surface area contributed by atoms with Crippen molar-refractivity contribution in [1.29, 1.82) is 0 Å². The highest BCUT2D eigenvalue weighted by Crippen LogP contribution is 2.40. The molecule has 454 valence electrons. The molecule has 0 amide bonds. The summed E-state index contributed by atoms with van der Waals surface area (Å²) < 4.78 is 64.0. The molecule has 18 heteroatoms. The zero-order valence-corrected chi connectivity index (χ0v) is 53.7. The summed E-state index contributed by atoms with van der Waals surface area (Å²) in [5.74, 6) is 2.89. The molecule has 1 atom stereocenters. The minimum absolute atomic E-state index is 0.197. The summed E-state index contributed by atoms with van der Waals surface area (Å²) in [6.45, 7) is 15.6. The van der Waals surface area contributed by atoms with Crippen LogP contribution < -0.4 is 28.7 Å². The predicted octanol–water partition coefficient (Wildman–Crippen LogP) is 15.1. The third-order valence-corrected chi connectivity index (χ3v) is 19.7. The monoisotopic (exact) mass is 1190 g/mol. The smallest absolute Gasteiger partial charge is 0.497 e. The van der Waals surface area contributed by atoms with Gasteiger partial charge in [-0.2, -0.15) is 0 Å². The number of benzene rings is 6. The van der Waals surface area contributed by atoms with Gasteiger partial charge in [0.25, 0.3) is 0 Å². The number of carbonyl (C=O) groups is 2. The van der Waals surface area contributed by atoms with E-state index in [-0.39, 0.29) is 17.9 Å². The molecular formula is C66H88N2O14Si2. The minimum atomic E-state index is -2.68. The number of rotatable bonds is 31. The fourth-order valence-corrected chi connectivity index (χ4v) is 12.4. The SMILES string of the molecule is C=C(C)C(=O)OCCC[Si](OC)(OC)OC.C=Cc1ccc(N(c2ccc(OC)cc2)c2ccc(OC)cc2)cc1.CCC(CC(C)(C)C(=O)OCCC[Si](OC)(OC)OC)c1ccc(N(c2ccc(OC)cc2)c2ccc(OC)cc2)cc1. The summed E-state index contributed by atoms with van der Waals surface area (Å²) >= 11 is 0. The van der Waals surface area contributed by atoms with Gasteiger partial charge in [0.1, 0.15) is 23.0 Å². The van der Waals surface area contributed by atoms with Crippen LogP contribution in [0.15, 0.2) is 164 Å². The normalized spacial score (nSPS) is 11.5. The van der Waals surface area contributed by atoms with Gasteiger partial charge in [0.05, 0.1) is 47.1 Å². The third-order valence-electron chi connectivity index (χ3n) is 14.1. The van der Waals surface area contributed by atoms with Crippen LogP contribution in [-0.2, 0) is 45.6 Å². The molecule has 0 saturated heterocycles. The van der Waals surface area contributed by atoms with Crippen LogP contribution in [0.2, 0.25) is 12.1 Å². The highest BCUT2D eigenvalue weighted by Gasteiger charge is 2.39. The number of anilines is 6. The number of ether oxygens (including phenoxy) is 6. The molecule has 0 N–H and O–H groups in total. The summed E-state index contributed by atoms with van der Waals surface area (Å²) in [6, 6.07) is 50.1. The van der Waals surface area contributed by atoms with Crippen molar-refractivity contribution < 1.29 is 64.6 Å². The molecule has 0 heterocycles. The van der Waals surface area contributed by atoms with Crippen LogP contribution in [0.5, 0.6) is 23.0 Å². The molecule has 0 saturated carbocycles. The standard InChI is InChI=1S/C34H47NO7Si.C22H21NO2.C10H20O5Si/c1-9-26(25-34(2,3)33(36)42-23-10-24-43(39-6,40-7)41-8)27-11-13-28(14-12-27)35(29-15-19-31(37-4)20-16-29)30-17-21-32(38-5)22-18-30;1-4-17-5-7-18(8-6-17)23(19-9-13-21(24-2)14-10-19)20-11-15-22(25-3)16-12-20;1-9(2)10(11)15-7-6-8-16(12-3,13-4)14-5/h11-22,26H,9-10,23-25H2,1-8H3;4-16H,1H2,2-3H3;1,6-8H2,2-5H3. The van der Waals surface area contributed by atoms with E-state index in [0.717, 1.165) is 69.1 Å². The van der Waals surface area contributed by atoms with Gasteiger partial charge in [-0.25, -0.2) is 4.79 Å². The first-order chi connectivity index (χ1) is 40.4. The lowest BCUT2D eigenvalue weighted by atomic mass is 9.79. The largest absolute Gasteiger partial charge is 0.500 e. The Labute approximate surface area is 501 Å². The lowest BCUT2D eigenvalue weighted by Gasteiger charge is -2.29. The maximum absolute atomic E-state index is 13.1. The van der Waals surface area contributed by atoms with E-state index in [0.29, 0.717) is 50.1 Å². The van der Waals surface area contributed by atoms with Gasteiger partial charge in [-0.1, -0.05) is 50.4 Å². The van der Waals surface area contributed by atoms with E-state index < -0.39 is 23.0 Å². The van der Waals surface area contributed by atoms with Crippen LogP contribution in [0.1, 0.15) is 70.4 Å². The molecule has 0 fully saturated rings. The van der Waals surface area contributed by atoms with E-state index in [4.69, 9.17) is 55.0 Å². The molecule has 0 radical (unpaired) electrons. The first-order valence-corrected chi connectivity index (χ1v) is 31.6. The van der Waals surface area contributed by atoms with Crippen LogP contribution in [-0.4, -0.2) is 114 Å². The molecule has 0 aliphatic heterocycles. The Morgan fingerprint density at radius 2 is 0.786 bits per heavy atom. The number of hydrogen-bond acceptors (Lipinski definition) is 16. The first kappa shape index (κ1) is 69.2. The van der Waals surface area contributed by atoms with Crippen molar-refractivity contribution in [3.05, 3.63) is 175 Å². The zero-order valence-electron chi connectivity index (χ0n) is 51.7. The summed E-state index contributed by atoms with van der Waals surface area (Å²) in [5, 5.41) is 0. The van der Waals surface area contributed by atoms with Crippen molar-refractivity contribution in [3.8, 4) is 23.0 Å². The number of esters is 2. The second-order valence-corrected chi connectivity index (χ2v) is 26.1. The Bertz CT molecular complexity index is 2770. The summed E-state index contributed by atoms with van der Waals surface area (Å²) in [5.41, 5.74) is 8.25.